The minimum Gasteiger partial charge on any atom is -0.341 e. The van der Waals surface area contributed by atoms with Crippen molar-refractivity contribution in [2.45, 2.75) is 46.1 Å². The van der Waals surface area contributed by atoms with Crippen molar-refractivity contribution >= 4 is 5.91 Å². The Kier molecular flexibility index (Phi) is 2.91. The maximum Gasteiger partial charge on any atom is 0.242 e. The van der Waals surface area contributed by atoms with Crippen molar-refractivity contribution in [2.24, 2.45) is 11.1 Å². The number of likely N-dealkylation sites (tertiary alicyclic amines) is 1. The van der Waals surface area contributed by atoms with E-state index < -0.39 is 5.54 Å². The number of nitrogens with zero attached hydrogens (tertiary/aromatic N) is 1. The van der Waals surface area contributed by atoms with Crippen LogP contribution >= 0.6 is 0 Å². The smallest absolute Gasteiger partial charge is 0.242 e. The van der Waals surface area contributed by atoms with E-state index in [9.17, 15) is 4.79 Å². The highest BCUT2D eigenvalue weighted by atomic mass is 16.2. The van der Waals surface area contributed by atoms with Gasteiger partial charge in [-0.15, -0.1) is 0 Å². The third-order valence-corrected chi connectivity index (χ3v) is 3.25. The van der Waals surface area contributed by atoms with Gasteiger partial charge in [0.25, 0.3) is 0 Å². The lowest BCUT2D eigenvalue weighted by Gasteiger charge is -2.27. The van der Waals surface area contributed by atoms with Crippen LogP contribution in [0.15, 0.2) is 0 Å². The van der Waals surface area contributed by atoms with E-state index in [4.69, 9.17) is 5.73 Å². The molecule has 2 N–H and O–H groups in total. The molecule has 0 aromatic rings. The molecule has 0 aromatic carbocycles. The molecule has 14 heavy (non-hydrogen) atoms. The lowest BCUT2D eigenvalue weighted by molar-refractivity contribution is -0.135. The predicted octanol–water partition coefficient (Wildman–Crippen LogP) is 1.37. The third kappa shape index (κ3) is 2.27. The van der Waals surface area contributed by atoms with E-state index in [0.717, 1.165) is 25.9 Å². The zero-order valence-corrected chi connectivity index (χ0v) is 9.76. The summed E-state index contributed by atoms with van der Waals surface area (Å²) < 4.78 is 0. The van der Waals surface area contributed by atoms with Crippen LogP contribution < -0.4 is 5.73 Å². The molecule has 1 aliphatic rings. The minimum absolute atomic E-state index is 0.0784. The Morgan fingerprint density at radius 3 is 2.50 bits per heavy atom. The standard InChI is InChI=1S/C11H22N2O/c1-5-11(4)6-7-13(8-11)9(14)10(2,3)12/h5-8,12H2,1-4H3/t11-/m1/s1. The summed E-state index contributed by atoms with van der Waals surface area (Å²) in [5, 5.41) is 0. The Bertz CT molecular complexity index is 232. The van der Waals surface area contributed by atoms with Crippen molar-refractivity contribution in [1.29, 1.82) is 0 Å². The fourth-order valence-electron chi connectivity index (χ4n) is 1.89. The summed E-state index contributed by atoms with van der Waals surface area (Å²) in [6.45, 7) is 9.70. The molecule has 0 spiro atoms. The molecule has 1 aliphatic heterocycles. The monoisotopic (exact) mass is 198 g/mol. The molecule has 0 aliphatic carbocycles. The van der Waals surface area contributed by atoms with Gasteiger partial charge in [-0.25, -0.2) is 0 Å². The van der Waals surface area contributed by atoms with E-state index in [0.29, 0.717) is 5.41 Å². The minimum atomic E-state index is -0.723. The van der Waals surface area contributed by atoms with Crippen molar-refractivity contribution in [3.63, 3.8) is 0 Å². The Morgan fingerprint density at radius 2 is 2.14 bits per heavy atom. The Balaban J connectivity index is 2.63. The Morgan fingerprint density at radius 1 is 1.57 bits per heavy atom. The van der Waals surface area contributed by atoms with Gasteiger partial charge in [0.15, 0.2) is 0 Å². The molecule has 1 heterocycles. The fraction of sp³-hybridized carbons (Fsp3) is 0.909. The van der Waals surface area contributed by atoms with E-state index in [1.807, 2.05) is 4.90 Å². The van der Waals surface area contributed by atoms with Crippen molar-refractivity contribution in [3.05, 3.63) is 0 Å². The molecular formula is C11H22N2O. The van der Waals surface area contributed by atoms with Crippen LogP contribution in [0, 0.1) is 5.41 Å². The van der Waals surface area contributed by atoms with E-state index in [1.165, 1.54) is 0 Å². The number of nitrogens with two attached hydrogens (primary N) is 1. The average molecular weight is 198 g/mol. The van der Waals surface area contributed by atoms with Gasteiger partial charge in [0.2, 0.25) is 5.91 Å². The van der Waals surface area contributed by atoms with Crippen molar-refractivity contribution in [3.8, 4) is 0 Å². The highest BCUT2D eigenvalue weighted by Crippen LogP contribution is 2.33. The van der Waals surface area contributed by atoms with Gasteiger partial charge in [-0.2, -0.15) is 0 Å². The fourth-order valence-corrected chi connectivity index (χ4v) is 1.89. The zero-order chi connectivity index (χ0) is 11.0. The maximum atomic E-state index is 11.9. The largest absolute Gasteiger partial charge is 0.341 e. The molecule has 0 saturated carbocycles. The summed E-state index contributed by atoms with van der Waals surface area (Å²) >= 11 is 0. The van der Waals surface area contributed by atoms with Crippen LogP contribution in [0.5, 0.6) is 0 Å². The first-order valence-corrected chi connectivity index (χ1v) is 5.37. The van der Waals surface area contributed by atoms with E-state index in [2.05, 4.69) is 13.8 Å². The van der Waals surface area contributed by atoms with Crippen LogP contribution in [-0.4, -0.2) is 29.4 Å². The number of hydrogen-bond donors (Lipinski definition) is 1. The van der Waals surface area contributed by atoms with Gasteiger partial charge in [0.1, 0.15) is 0 Å². The SMILES string of the molecule is CC[C@]1(C)CCN(C(=O)C(C)(C)N)C1. The van der Waals surface area contributed by atoms with Crippen LogP contribution in [0.25, 0.3) is 0 Å². The molecule has 0 aromatic heterocycles. The van der Waals surface area contributed by atoms with Gasteiger partial charge in [-0.3, -0.25) is 4.79 Å². The molecule has 1 fully saturated rings. The van der Waals surface area contributed by atoms with Crippen LogP contribution in [0.1, 0.15) is 40.5 Å². The van der Waals surface area contributed by atoms with Gasteiger partial charge in [-0.05, 0) is 32.1 Å². The number of hydrogen-bond acceptors (Lipinski definition) is 2. The Hall–Kier alpha value is -0.570. The van der Waals surface area contributed by atoms with Crippen molar-refractivity contribution in [2.75, 3.05) is 13.1 Å². The van der Waals surface area contributed by atoms with Crippen LogP contribution in [0.3, 0.4) is 0 Å². The van der Waals surface area contributed by atoms with Gasteiger partial charge in [0, 0.05) is 13.1 Å². The number of amides is 1. The summed E-state index contributed by atoms with van der Waals surface area (Å²) in [6.07, 6.45) is 2.23. The summed E-state index contributed by atoms with van der Waals surface area (Å²) in [7, 11) is 0. The molecular weight excluding hydrogens is 176 g/mol. The zero-order valence-electron chi connectivity index (χ0n) is 9.76. The Labute approximate surface area is 86.6 Å². The van der Waals surface area contributed by atoms with Crippen LogP contribution in [0.2, 0.25) is 0 Å². The quantitative estimate of drug-likeness (QED) is 0.728. The first-order valence-electron chi connectivity index (χ1n) is 5.37. The molecule has 1 saturated heterocycles. The lowest BCUT2D eigenvalue weighted by Crippen LogP contribution is -2.50. The summed E-state index contributed by atoms with van der Waals surface area (Å²) in [5.41, 5.74) is 5.38. The van der Waals surface area contributed by atoms with Gasteiger partial charge < -0.3 is 10.6 Å². The number of carbonyl (C=O) groups excluding carboxylic acids is 1. The molecule has 3 heteroatoms. The third-order valence-electron chi connectivity index (χ3n) is 3.25. The van der Waals surface area contributed by atoms with Crippen molar-refractivity contribution < 1.29 is 4.79 Å². The molecule has 1 rings (SSSR count). The number of carbonyl (C=O) groups is 1. The second-order valence-corrected chi connectivity index (χ2v) is 5.36. The molecule has 0 bridgehead atoms. The first kappa shape index (κ1) is 11.5. The second-order valence-electron chi connectivity index (χ2n) is 5.36. The second kappa shape index (κ2) is 3.54. The van der Waals surface area contributed by atoms with E-state index in [-0.39, 0.29) is 5.91 Å². The molecule has 0 unspecified atom stereocenters. The number of rotatable bonds is 2. The molecule has 0 radical (unpaired) electrons. The highest BCUT2D eigenvalue weighted by molar-refractivity contribution is 5.85. The molecule has 1 amide bonds. The molecule has 1 atom stereocenters. The van der Waals surface area contributed by atoms with Crippen molar-refractivity contribution in [1.82, 2.24) is 4.90 Å². The van der Waals surface area contributed by atoms with Gasteiger partial charge in [0.05, 0.1) is 5.54 Å². The summed E-state index contributed by atoms with van der Waals surface area (Å²) in [5.74, 6) is 0.0784. The van der Waals surface area contributed by atoms with Gasteiger partial charge >= 0.3 is 0 Å². The van der Waals surface area contributed by atoms with E-state index in [1.54, 1.807) is 13.8 Å². The van der Waals surface area contributed by atoms with Crippen LogP contribution in [-0.2, 0) is 4.79 Å². The average Bonchev–Trinajstić information content (AvgIpc) is 2.46. The normalized spacial score (nSPS) is 28.2. The highest BCUT2D eigenvalue weighted by Gasteiger charge is 2.38. The summed E-state index contributed by atoms with van der Waals surface area (Å²) in [6, 6.07) is 0. The predicted molar refractivity (Wildman–Crippen MR) is 57.9 cm³/mol. The molecule has 82 valence electrons. The maximum absolute atomic E-state index is 11.9. The topological polar surface area (TPSA) is 46.3 Å². The van der Waals surface area contributed by atoms with Crippen LogP contribution in [0.4, 0.5) is 0 Å². The summed E-state index contributed by atoms with van der Waals surface area (Å²) in [4.78, 5) is 13.8. The van der Waals surface area contributed by atoms with Gasteiger partial charge in [-0.1, -0.05) is 13.8 Å². The lowest BCUT2D eigenvalue weighted by atomic mass is 9.87. The van der Waals surface area contributed by atoms with E-state index >= 15 is 0 Å². The molecule has 3 nitrogen and oxygen atoms in total. The first-order chi connectivity index (χ1) is 6.28.